The summed E-state index contributed by atoms with van der Waals surface area (Å²) in [6.07, 6.45) is 4.77. The highest BCUT2D eigenvalue weighted by Crippen LogP contribution is 2.31. The van der Waals surface area contributed by atoms with E-state index in [1.807, 2.05) is 51.9 Å². The number of benzene rings is 1. The van der Waals surface area contributed by atoms with Crippen molar-refractivity contribution in [2.24, 2.45) is 5.92 Å². The fourth-order valence-electron chi connectivity index (χ4n) is 4.27. The van der Waals surface area contributed by atoms with Gasteiger partial charge in [-0.2, -0.15) is 0 Å². The molecule has 0 saturated carbocycles. The van der Waals surface area contributed by atoms with Gasteiger partial charge in [0, 0.05) is 25.2 Å². The molecule has 0 unspecified atom stereocenters. The van der Waals surface area contributed by atoms with E-state index < -0.39 is 0 Å². The van der Waals surface area contributed by atoms with Gasteiger partial charge in [-0.1, -0.05) is 24.3 Å². The molecule has 0 bridgehead atoms. The van der Waals surface area contributed by atoms with E-state index in [9.17, 15) is 4.79 Å². The summed E-state index contributed by atoms with van der Waals surface area (Å²) in [6.45, 7) is 1.97. The molecular weight excluding hydrogens is 340 g/mol. The average Bonchev–Trinajstić information content (AvgIpc) is 3.17. The number of aromatic nitrogens is 3. The molecule has 2 atom stereocenters. The summed E-state index contributed by atoms with van der Waals surface area (Å²) >= 11 is 0. The first kappa shape index (κ1) is 16.3. The van der Waals surface area contributed by atoms with E-state index in [4.69, 9.17) is 4.74 Å². The van der Waals surface area contributed by atoms with E-state index in [2.05, 4.69) is 16.3 Å². The maximum Gasteiger partial charge on any atom is 0.229 e. The fourth-order valence-corrected chi connectivity index (χ4v) is 4.27. The monoisotopic (exact) mass is 362 g/mol. The lowest BCUT2D eigenvalue weighted by molar-refractivity contribution is -0.138. The van der Waals surface area contributed by atoms with Crippen molar-refractivity contribution in [3.63, 3.8) is 0 Å². The lowest BCUT2D eigenvalue weighted by Crippen LogP contribution is -2.45. The van der Waals surface area contributed by atoms with Crippen LogP contribution in [0, 0.1) is 5.92 Å². The van der Waals surface area contributed by atoms with Crippen LogP contribution in [0.15, 0.2) is 48.7 Å². The second kappa shape index (κ2) is 6.68. The van der Waals surface area contributed by atoms with Crippen LogP contribution in [0.3, 0.4) is 0 Å². The number of hydrogen-bond acceptors (Lipinski definition) is 4. The van der Waals surface area contributed by atoms with Crippen molar-refractivity contribution in [2.45, 2.75) is 25.2 Å². The quantitative estimate of drug-likeness (QED) is 0.703. The van der Waals surface area contributed by atoms with Crippen molar-refractivity contribution in [2.75, 3.05) is 19.7 Å². The summed E-state index contributed by atoms with van der Waals surface area (Å²) < 4.78 is 7.87. The molecular formula is C21H22N4O2. The number of ether oxygens (including phenoxy) is 1. The van der Waals surface area contributed by atoms with Crippen molar-refractivity contribution >= 4 is 11.6 Å². The molecule has 6 heteroatoms. The van der Waals surface area contributed by atoms with Gasteiger partial charge in [-0.25, -0.2) is 0 Å². The van der Waals surface area contributed by atoms with Gasteiger partial charge in [-0.05, 0) is 43.0 Å². The number of likely N-dealkylation sites (tertiary alicyclic amines) is 1. The summed E-state index contributed by atoms with van der Waals surface area (Å²) in [5.41, 5.74) is 1.98. The van der Waals surface area contributed by atoms with E-state index in [-0.39, 0.29) is 17.7 Å². The van der Waals surface area contributed by atoms with Gasteiger partial charge in [0.05, 0.1) is 5.92 Å². The normalized spacial score (nSPS) is 22.3. The van der Waals surface area contributed by atoms with E-state index in [1.54, 1.807) is 0 Å². The molecule has 0 spiro atoms. The number of carbonyl (C=O) groups excluding carboxylic acids is 1. The van der Waals surface area contributed by atoms with E-state index >= 15 is 0 Å². The predicted octanol–water partition coefficient (Wildman–Crippen LogP) is 2.69. The molecule has 27 heavy (non-hydrogen) atoms. The van der Waals surface area contributed by atoms with Gasteiger partial charge in [0.2, 0.25) is 5.91 Å². The number of carbonyl (C=O) groups is 1. The Balaban J connectivity index is 1.33. The third kappa shape index (κ3) is 2.95. The van der Waals surface area contributed by atoms with Crippen molar-refractivity contribution in [1.29, 1.82) is 0 Å². The Morgan fingerprint density at radius 1 is 1.11 bits per heavy atom. The SMILES string of the molecule is O=C([C@@H]1COc2ccccc2C1)N1CCC[C@@H](c2nnc3ccccn23)C1. The molecule has 0 radical (unpaired) electrons. The number of hydrogen-bond donors (Lipinski definition) is 0. The molecule has 138 valence electrons. The number of fused-ring (bicyclic) bond motifs is 2. The molecule has 1 aromatic carbocycles. The second-order valence-electron chi connectivity index (χ2n) is 7.43. The van der Waals surface area contributed by atoms with Crippen molar-refractivity contribution < 1.29 is 9.53 Å². The molecule has 3 aromatic rings. The van der Waals surface area contributed by atoms with Gasteiger partial charge in [0.1, 0.15) is 18.2 Å². The Morgan fingerprint density at radius 2 is 2.00 bits per heavy atom. The minimum Gasteiger partial charge on any atom is -0.492 e. The zero-order valence-electron chi connectivity index (χ0n) is 15.1. The van der Waals surface area contributed by atoms with E-state index in [1.165, 1.54) is 0 Å². The summed E-state index contributed by atoms with van der Waals surface area (Å²) in [6, 6.07) is 13.9. The van der Waals surface area contributed by atoms with Crippen LogP contribution in [0.25, 0.3) is 5.65 Å². The largest absolute Gasteiger partial charge is 0.492 e. The zero-order chi connectivity index (χ0) is 18.2. The van der Waals surface area contributed by atoms with Crippen LogP contribution in [0.4, 0.5) is 0 Å². The highest BCUT2D eigenvalue weighted by molar-refractivity contribution is 5.80. The van der Waals surface area contributed by atoms with E-state index in [0.717, 1.165) is 48.6 Å². The molecule has 1 fully saturated rings. The molecule has 2 aromatic heterocycles. The number of piperidine rings is 1. The fraction of sp³-hybridized carbons (Fsp3) is 0.381. The Kier molecular flexibility index (Phi) is 4.03. The average molecular weight is 362 g/mol. The lowest BCUT2D eigenvalue weighted by atomic mass is 9.92. The zero-order valence-corrected chi connectivity index (χ0v) is 15.1. The number of para-hydroxylation sites is 1. The molecule has 0 aliphatic carbocycles. The number of amides is 1. The molecule has 2 aliphatic rings. The maximum atomic E-state index is 13.1. The van der Waals surface area contributed by atoms with Crippen LogP contribution < -0.4 is 4.74 Å². The minimum atomic E-state index is -0.103. The third-order valence-corrected chi connectivity index (χ3v) is 5.67. The first-order valence-electron chi connectivity index (χ1n) is 9.59. The van der Waals surface area contributed by atoms with Crippen LogP contribution in [0.5, 0.6) is 5.75 Å². The number of rotatable bonds is 2. The molecule has 0 N–H and O–H groups in total. The molecule has 1 amide bonds. The summed E-state index contributed by atoms with van der Waals surface area (Å²) in [7, 11) is 0. The topological polar surface area (TPSA) is 59.7 Å². The Hall–Kier alpha value is -2.89. The predicted molar refractivity (Wildman–Crippen MR) is 101 cm³/mol. The van der Waals surface area contributed by atoms with Gasteiger partial charge in [-0.15, -0.1) is 10.2 Å². The van der Waals surface area contributed by atoms with Gasteiger partial charge >= 0.3 is 0 Å². The summed E-state index contributed by atoms with van der Waals surface area (Å²) in [5, 5.41) is 8.67. The van der Waals surface area contributed by atoms with Crippen LogP contribution in [0.2, 0.25) is 0 Å². The van der Waals surface area contributed by atoms with Crippen molar-refractivity contribution in [1.82, 2.24) is 19.5 Å². The third-order valence-electron chi connectivity index (χ3n) is 5.67. The molecule has 1 saturated heterocycles. The number of nitrogens with zero attached hydrogens (tertiary/aromatic N) is 4. The van der Waals surface area contributed by atoms with E-state index in [0.29, 0.717) is 13.2 Å². The smallest absolute Gasteiger partial charge is 0.229 e. The summed E-state index contributed by atoms with van der Waals surface area (Å²) in [5.74, 6) is 2.18. The Morgan fingerprint density at radius 3 is 2.96 bits per heavy atom. The Labute approximate surface area is 157 Å². The minimum absolute atomic E-state index is 0.103. The Bertz CT molecular complexity index is 983. The molecule has 2 aliphatic heterocycles. The molecule has 5 rings (SSSR count). The van der Waals surface area contributed by atoms with Gasteiger partial charge < -0.3 is 9.64 Å². The van der Waals surface area contributed by atoms with Crippen LogP contribution in [-0.2, 0) is 11.2 Å². The van der Waals surface area contributed by atoms with Crippen LogP contribution >= 0.6 is 0 Å². The maximum absolute atomic E-state index is 13.1. The molecule has 4 heterocycles. The highest BCUT2D eigenvalue weighted by Gasteiger charge is 2.33. The lowest BCUT2D eigenvalue weighted by Gasteiger charge is -2.35. The van der Waals surface area contributed by atoms with Crippen LogP contribution in [-0.4, -0.2) is 45.1 Å². The standard InChI is InChI=1S/C21H22N4O2/c26-21(17-12-15-6-1-2-8-18(15)27-14-17)24-10-5-7-16(13-24)20-23-22-19-9-3-4-11-25(19)20/h1-4,6,8-9,11,16-17H,5,7,10,12-14H2/t16-,17+/m1/s1. The first-order valence-corrected chi connectivity index (χ1v) is 9.59. The number of pyridine rings is 1. The van der Waals surface area contributed by atoms with Crippen LogP contribution in [0.1, 0.15) is 30.1 Å². The highest BCUT2D eigenvalue weighted by atomic mass is 16.5. The van der Waals surface area contributed by atoms with Gasteiger partial charge in [-0.3, -0.25) is 9.20 Å². The second-order valence-corrected chi connectivity index (χ2v) is 7.43. The van der Waals surface area contributed by atoms with Gasteiger partial charge in [0.15, 0.2) is 5.65 Å². The molecule has 6 nitrogen and oxygen atoms in total. The van der Waals surface area contributed by atoms with Crippen molar-refractivity contribution in [3.8, 4) is 5.75 Å². The van der Waals surface area contributed by atoms with Crippen molar-refractivity contribution in [3.05, 3.63) is 60.0 Å². The van der Waals surface area contributed by atoms with Gasteiger partial charge in [0.25, 0.3) is 0 Å². The summed E-state index contributed by atoms with van der Waals surface area (Å²) in [4.78, 5) is 15.1. The first-order chi connectivity index (χ1) is 13.3.